The van der Waals surface area contributed by atoms with Crippen LogP contribution in [0.1, 0.15) is 11.1 Å². The second kappa shape index (κ2) is 7.38. The van der Waals surface area contributed by atoms with Gasteiger partial charge in [-0.05, 0) is 30.3 Å². The molecule has 0 saturated heterocycles. The maximum atomic E-state index is 13.3. The van der Waals surface area contributed by atoms with Crippen LogP contribution in [0.5, 0.6) is 0 Å². The van der Waals surface area contributed by atoms with Crippen molar-refractivity contribution in [3.63, 3.8) is 0 Å². The van der Waals surface area contributed by atoms with Gasteiger partial charge in [0, 0.05) is 18.0 Å². The Morgan fingerprint density at radius 3 is 2.23 bits per heavy atom. The molecule has 0 saturated carbocycles. The highest BCUT2D eigenvalue weighted by atomic mass is 35.5. The smallest absolute Gasteiger partial charge is 0.337 e. The number of hydrogen-bond donors (Lipinski definition) is 1. The van der Waals surface area contributed by atoms with Gasteiger partial charge < -0.3 is 4.98 Å². The molecule has 1 N–H and O–H groups in total. The lowest BCUT2D eigenvalue weighted by atomic mass is 10.1. The van der Waals surface area contributed by atoms with Crippen LogP contribution < -0.4 is 0 Å². The van der Waals surface area contributed by atoms with Crippen LogP contribution >= 0.6 is 23.2 Å². The molecule has 0 radical (unpaired) electrons. The van der Waals surface area contributed by atoms with Gasteiger partial charge in [-0.3, -0.25) is 9.97 Å². The number of aromatic amines is 1. The van der Waals surface area contributed by atoms with Crippen molar-refractivity contribution in [3.8, 4) is 22.8 Å². The van der Waals surface area contributed by atoms with Crippen LogP contribution in [0, 0.1) is 0 Å². The van der Waals surface area contributed by atoms with Crippen LogP contribution in [0.3, 0.4) is 0 Å². The summed E-state index contributed by atoms with van der Waals surface area (Å²) in [7, 11) is 0. The van der Waals surface area contributed by atoms with Crippen LogP contribution in [-0.2, 0) is 12.4 Å². The first-order valence-corrected chi connectivity index (χ1v) is 9.15. The van der Waals surface area contributed by atoms with E-state index in [2.05, 4.69) is 19.9 Å². The molecule has 0 aliphatic heterocycles. The van der Waals surface area contributed by atoms with Gasteiger partial charge in [-0.25, -0.2) is 4.98 Å². The van der Waals surface area contributed by atoms with E-state index in [4.69, 9.17) is 23.2 Å². The van der Waals surface area contributed by atoms with Crippen molar-refractivity contribution < 1.29 is 26.3 Å². The van der Waals surface area contributed by atoms with E-state index in [1.165, 1.54) is 30.6 Å². The minimum Gasteiger partial charge on any atom is -0.337 e. The first-order chi connectivity index (χ1) is 14.4. The molecule has 4 aromatic rings. The molecule has 31 heavy (non-hydrogen) atoms. The molecule has 0 amide bonds. The fourth-order valence-corrected chi connectivity index (χ4v) is 3.28. The molecule has 0 bridgehead atoms. The zero-order valence-electron chi connectivity index (χ0n) is 14.9. The number of H-pyrrole nitrogens is 1. The lowest BCUT2D eigenvalue weighted by Gasteiger charge is -2.11. The first-order valence-electron chi connectivity index (χ1n) is 8.40. The largest absolute Gasteiger partial charge is 0.418 e. The second-order valence-electron chi connectivity index (χ2n) is 6.39. The van der Waals surface area contributed by atoms with E-state index >= 15 is 0 Å². The second-order valence-corrected chi connectivity index (χ2v) is 7.17. The van der Waals surface area contributed by atoms with Crippen LogP contribution in [-0.4, -0.2) is 19.9 Å². The zero-order valence-corrected chi connectivity index (χ0v) is 16.4. The average molecular weight is 477 g/mol. The summed E-state index contributed by atoms with van der Waals surface area (Å²) in [6, 6.07) is 5.06. The molecule has 3 aromatic heterocycles. The molecule has 0 aliphatic carbocycles. The average Bonchev–Trinajstić information content (AvgIpc) is 3.12. The van der Waals surface area contributed by atoms with E-state index in [0.29, 0.717) is 17.3 Å². The van der Waals surface area contributed by atoms with Crippen LogP contribution in [0.4, 0.5) is 26.3 Å². The number of pyridine rings is 2. The Hall–Kier alpha value is -2.85. The van der Waals surface area contributed by atoms with E-state index in [0.717, 1.165) is 0 Å². The number of hydrogen-bond acceptors (Lipinski definition) is 3. The Bertz CT molecular complexity index is 1280. The van der Waals surface area contributed by atoms with E-state index in [9.17, 15) is 26.3 Å². The van der Waals surface area contributed by atoms with Gasteiger partial charge in [0.25, 0.3) is 0 Å². The van der Waals surface area contributed by atoms with Gasteiger partial charge in [0.2, 0.25) is 0 Å². The number of rotatable bonds is 2. The molecule has 0 spiro atoms. The number of imidazole rings is 1. The molecule has 4 rings (SSSR count). The van der Waals surface area contributed by atoms with Crippen molar-refractivity contribution in [2.45, 2.75) is 12.4 Å². The lowest BCUT2D eigenvalue weighted by Crippen LogP contribution is -2.11. The number of halogens is 8. The van der Waals surface area contributed by atoms with Gasteiger partial charge in [-0.15, -0.1) is 0 Å². The Labute approximate surface area is 179 Å². The number of fused-ring (bicyclic) bond motifs is 1. The molecule has 0 atom stereocenters. The van der Waals surface area contributed by atoms with Crippen molar-refractivity contribution in [2.75, 3.05) is 0 Å². The third-order valence-corrected chi connectivity index (χ3v) is 5.14. The quantitative estimate of drug-likeness (QED) is 0.316. The highest BCUT2D eigenvalue weighted by Gasteiger charge is 2.39. The van der Waals surface area contributed by atoms with Crippen molar-refractivity contribution in [1.82, 2.24) is 19.9 Å². The molecule has 0 fully saturated rings. The predicted octanol–water partition coefficient (Wildman–Crippen LogP) is 7.03. The van der Waals surface area contributed by atoms with Crippen LogP contribution in [0.25, 0.3) is 33.8 Å². The summed E-state index contributed by atoms with van der Waals surface area (Å²) >= 11 is 12.1. The third kappa shape index (κ3) is 4.05. The van der Waals surface area contributed by atoms with Gasteiger partial charge in [0.1, 0.15) is 11.2 Å². The number of aromatic nitrogens is 4. The number of nitrogens with one attached hydrogen (secondary N) is 1. The molecule has 0 aliphatic rings. The van der Waals surface area contributed by atoms with Gasteiger partial charge >= 0.3 is 12.4 Å². The SMILES string of the molecule is FC(F)(F)c1cc(C(F)(F)F)c2nc(-c3ccc(-c4nccc(Cl)c4Cl)cn3)[nH]c2c1. The Morgan fingerprint density at radius 1 is 0.871 bits per heavy atom. The molecular weight excluding hydrogens is 469 g/mol. The van der Waals surface area contributed by atoms with Gasteiger partial charge in [0.05, 0.1) is 32.4 Å². The van der Waals surface area contributed by atoms with E-state index < -0.39 is 34.5 Å². The molecule has 0 unspecified atom stereocenters. The predicted molar refractivity (Wildman–Crippen MR) is 103 cm³/mol. The maximum Gasteiger partial charge on any atom is 0.418 e. The lowest BCUT2D eigenvalue weighted by molar-refractivity contribution is -0.142. The van der Waals surface area contributed by atoms with Crippen molar-refractivity contribution in [1.29, 1.82) is 0 Å². The van der Waals surface area contributed by atoms with E-state index in [1.54, 1.807) is 0 Å². The van der Waals surface area contributed by atoms with Crippen LogP contribution in [0.15, 0.2) is 42.7 Å². The van der Waals surface area contributed by atoms with E-state index in [-0.39, 0.29) is 27.6 Å². The normalized spacial score (nSPS) is 12.5. The minimum absolute atomic E-state index is 0.0380. The van der Waals surface area contributed by atoms with Gasteiger partial charge in [-0.2, -0.15) is 26.3 Å². The highest BCUT2D eigenvalue weighted by Crippen LogP contribution is 2.40. The molecule has 160 valence electrons. The van der Waals surface area contributed by atoms with Crippen molar-refractivity contribution in [3.05, 3.63) is 63.9 Å². The fourth-order valence-electron chi connectivity index (χ4n) is 2.91. The van der Waals surface area contributed by atoms with Gasteiger partial charge in [0.15, 0.2) is 5.82 Å². The summed E-state index contributed by atoms with van der Waals surface area (Å²) in [6.07, 6.45) is -7.20. The zero-order chi connectivity index (χ0) is 22.6. The summed E-state index contributed by atoms with van der Waals surface area (Å²) < 4.78 is 79.1. The van der Waals surface area contributed by atoms with Crippen molar-refractivity contribution >= 4 is 34.2 Å². The maximum absolute atomic E-state index is 13.3. The summed E-state index contributed by atoms with van der Waals surface area (Å²) in [5, 5.41) is 0.463. The van der Waals surface area contributed by atoms with Gasteiger partial charge in [-0.1, -0.05) is 23.2 Å². The van der Waals surface area contributed by atoms with Crippen LogP contribution in [0.2, 0.25) is 10.0 Å². The summed E-state index contributed by atoms with van der Waals surface area (Å²) in [5.41, 5.74) is -3.06. The Kier molecular flexibility index (Phi) is 5.09. The number of nitrogens with zero attached hydrogens (tertiary/aromatic N) is 3. The fraction of sp³-hybridized carbons (Fsp3) is 0.105. The summed E-state index contributed by atoms with van der Waals surface area (Å²) in [5.74, 6) is -0.128. The third-order valence-electron chi connectivity index (χ3n) is 4.34. The van der Waals surface area contributed by atoms with Crippen molar-refractivity contribution in [2.24, 2.45) is 0 Å². The van der Waals surface area contributed by atoms with E-state index in [1.807, 2.05) is 0 Å². The Morgan fingerprint density at radius 2 is 1.61 bits per heavy atom. The highest BCUT2D eigenvalue weighted by molar-refractivity contribution is 6.43. The molecule has 4 nitrogen and oxygen atoms in total. The molecule has 3 heterocycles. The molecule has 12 heteroatoms. The molecule has 1 aromatic carbocycles. The first kappa shape index (κ1) is 21.4. The summed E-state index contributed by atoms with van der Waals surface area (Å²) in [4.78, 5) is 14.5. The minimum atomic E-state index is -5.03. The topological polar surface area (TPSA) is 54.5 Å². The Balaban J connectivity index is 1.81. The summed E-state index contributed by atoms with van der Waals surface area (Å²) in [6.45, 7) is 0. The monoisotopic (exact) mass is 476 g/mol. The number of alkyl halides is 6. The molecular formula is C19H8Cl2F6N4. The standard InChI is InChI=1S/C19H8Cl2F6N4/c20-11-3-4-28-15(14(11)21)8-1-2-12(29-7-8)17-30-13-6-9(18(22,23)24)5-10(16(13)31-17)19(25,26)27/h1-7H,(H,30,31). The number of benzene rings is 1.